The van der Waals surface area contributed by atoms with Crippen LogP contribution in [0, 0.1) is 0 Å². The highest BCUT2D eigenvalue weighted by Gasteiger charge is 2.29. The topological polar surface area (TPSA) is 42.0 Å². The Morgan fingerprint density at radius 2 is 1.77 bits per heavy atom. The van der Waals surface area contributed by atoms with Gasteiger partial charge in [-0.1, -0.05) is 30.7 Å². The number of ether oxygens (including phenoxy) is 2. The average molecular weight is 491 g/mol. The maximum absolute atomic E-state index is 11.8. The largest absolute Gasteiger partial charge is 0.493 e. The summed E-state index contributed by atoms with van der Waals surface area (Å²) < 4.78 is 11.9. The highest BCUT2D eigenvalue weighted by molar-refractivity contribution is 6.30. The summed E-state index contributed by atoms with van der Waals surface area (Å²) in [5.41, 5.74) is 5.14. The lowest BCUT2D eigenvalue weighted by Gasteiger charge is -2.36. The van der Waals surface area contributed by atoms with Gasteiger partial charge in [-0.15, -0.1) is 0 Å². The molecule has 0 saturated carbocycles. The van der Waals surface area contributed by atoms with Crippen molar-refractivity contribution < 1.29 is 14.3 Å². The number of anilines is 2. The number of rotatable bonds is 7. The SMILES string of the molecule is CC[C@@H](C)Oc1cc2c(cc1OC)C=CN(c1ccc(N(C)C(C)=O)cc1)C2c1ccc(Cl)cc1. The Bertz CT molecular complexity index is 1220. The lowest BCUT2D eigenvalue weighted by molar-refractivity contribution is -0.116. The predicted octanol–water partition coefficient (Wildman–Crippen LogP) is 7.09. The van der Waals surface area contributed by atoms with Gasteiger partial charge in [0.1, 0.15) is 0 Å². The molecule has 0 N–H and O–H groups in total. The van der Waals surface area contributed by atoms with Crippen LogP contribution >= 0.6 is 11.6 Å². The van der Waals surface area contributed by atoms with Crippen molar-refractivity contribution in [2.45, 2.75) is 39.3 Å². The highest BCUT2D eigenvalue weighted by Crippen LogP contribution is 2.44. The fourth-order valence-corrected chi connectivity index (χ4v) is 4.30. The Morgan fingerprint density at radius 3 is 2.37 bits per heavy atom. The minimum Gasteiger partial charge on any atom is -0.493 e. The molecule has 5 nitrogen and oxygen atoms in total. The van der Waals surface area contributed by atoms with E-state index in [0.29, 0.717) is 10.8 Å². The predicted molar refractivity (Wildman–Crippen MR) is 144 cm³/mol. The fourth-order valence-electron chi connectivity index (χ4n) is 4.17. The fraction of sp³-hybridized carbons (Fsp3) is 0.276. The Balaban J connectivity index is 1.82. The second-order valence-corrected chi connectivity index (χ2v) is 9.18. The number of fused-ring (bicyclic) bond motifs is 1. The molecule has 0 bridgehead atoms. The zero-order valence-corrected chi connectivity index (χ0v) is 21.5. The second kappa shape index (κ2) is 10.4. The molecular formula is C29H31ClN2O3. The van der Waals surface area contributed by atoms with Crippen molar-refractivity contribution >= 4 is 35.0 Å². The quantitative estimate of drug-likeness (QED) is 0.354. The van der Waals surface area contributed by atoms with Crippen molar-refractivity contribution in [3.63, 3.8) is 0 Å². The second-order valence-electron chi connectivity index (χ2n) is 8.74. The van der Waals surface area contributed by atoms with Gasteiger partial charge in [0, 0.05) is 36.6 Å². The van der Waals surface area contributed by atoms with Gasteiger partial charge in [0.15, 0.2) is 11.5 Å². The summed E-state index contributed by atoms with van der Waals surface area (Å²) in [4.78, 5) is 15.6. The molecule has 1 heterocycles. The summed E-state index contributed by atoms with van der Waals surface area (Å²) in [6.07, 6.45) is 5.14. The molecule has 2 atom stereocenters. The normalized spacial score (nSPS) is 15.4. The van der Waals surface area contributed by atoms with Crippen LogP contribution in [0.1, 0.15) is 49.9 Å². The first-order valence-electron chi connectivity index (χ1n) is 11.8. The van der Waals surface area contributed by atoms with Crippen LogP contribution in [0.2, 0.25) is 5.02 Å². The molecule has 0 saturated heterocycles. The molecule has 1 aliphatic rings. The van der Waals surface area contributed by atoms with Crippen LogP contribution in [-0.4, -0.2) is 26.2 Å². The maximum Gasteiger partial charge on any atom is 0.223 e. The molecule has 35 heavy (non-hydrogen) atoms. The molecule has 0 fully saturated rings. The third kappa shape index (κ3) is 5.15. The standard InChI is InChI=1S/C29H31ClN2O3/c1-6-19(2)35-28-18-26-22(17-27(28)34-5)15-16-32(29(26)21-7-9-23(30)10-8-21)25-13-11-24(12-14-25)31(4)20(3)33/h7-19,29H,6H2,1-5H3/t19-,29?/m1/s1. The van der Waals surface area contributed by atoms with Crippen molar-refractivity contribution in [3.8, 4) is 11.5 Å². The first-order chi connectivity index (χ1) is 16.8. The van der Waals surface area contributed by atoms with E-state index in [1.165, 1.54) is 0 Å². The molecule has 1 aliphatic heterocycles. The van der Waals surface area contributed by atoms with Crippen LogP contribution in [0.25, 0.3) is 6.08 Å². The van der Waals surface area contributed by atoms with Gasteiger partial charge in [-0.25, -0.2) is 0 Å². The zero-order chi connectivity index (χ0) is 25.1. The van der Waals surface area contributed by atoms with Crippen LogP contribution in [0.4, 0.5) is 11.4 Å². The van der Waals surface area contributed by atoms with Gasteiger partial charge in [0.05, 0.1) is 19.3 Å². The number of hydrogen-bond donors (Lipinski definition) is 0. The van der Waals surface area contributed by atoms with Crippen molar-refractivity contribution in [1.82, 2.24) is 0 Å². The minimum atomic E-state index is -0.103. The van der Waals surface area contributed by atoms with E-state index in [1.54, 1.807) is 26.0 Å². The Morgan fingerprint density at radius 1 is 1.09 bits per heavy atom. The van der Waals surface area contributed by atoms with Crippen molar-refractivity contribution in [2.75, 3.05) is 24.0 Å². The molecule has 4 rings (SSSR count). The van der Waals surface area contributed by atoms with Crippen LogP contribution in [-0.2, 0) is 4.79 Å². The lowest BCUT2D eigenvalue weighted by atomic mass is 9.89. The highest BCUT2D eigenvalue weighted by atomic mass is 35.5. The van der Waals surface area contributed by atoms with Crippen LogP contribution in [0.15, 0.2) is 66.9 Å². The van der Waals surface area contributed by atoms with Crippen LogP contribution in [0.3, 0.4) is 0 Å². The van der Waals surface area contributed by atoms with Gasteiger partial charge in [-0.2, -0.15) is 0 Å². The molecule has 0 aliphatic carbocycles. The summed E-state index contributed by atoms with van der Waals surface area (Å²) in [5, 5.41) is 0.694. The lowest BCUT2D eigenvalue weighted by Crippen LogP contribution is -2.28. The smallest absolute Gasteiger partial charge is 0.223 e. The number of amides is 1. The molecule has 3 aromatic carbocycles. The number of carbonyl (C=O) groups is 1. The Labute approximate surface area is 212 Å². The van der Waals surface area contributed by atoms with Crippen molar-refractivity contribution in [1.29, 1.82) is 0 Å². The number of halogens is 1. The first-order valence-corrected chi connectivity index (χ1v) is 12.1. The summed E-state index contributed by atoms with van der Waals surface area (Å²) in [7, 11) is 3.44. The number of carbonyl (C=O) groups excluding carboxylic acids is 1. The van der Waals surface area contributed by atoms with Crippen molar-refractivity contribution in [2.24, 2.45) is 0 Å². The molecule has 0 aromatic heterocycles. The molecule has 1 amide bonds. The molecule has 0 radical (unpaired) electrons. The Hall–Kier alpha value is -3.44. The van der Waals surface area contributed by atoms with E-state index in [9.17, 15) is 4.79 Å². The van der Waals surface area contributed by atoms with E-state index < -0.39 is 0 Å². The Kier molecular flexibility index (Phi) is 7.37. The van der Waals surface area contributed by atoms with E-state index in [-0.39, 0.29) is 18.1 Å². The van der Waals surface area contributed by atoms with Gasteiger partial charge >= 0.3 is 0 Å². The first kappa shape index (κ1) is 24.7. The monoisotopic (exact) mass is 490 g/mol. The average Bonchev–Trinajstić information content (AvgIpc) is 2.87. The zero-order valence-electron chi connectivity index (χ0n) is 20.8. The molecule has 1 unspecified atom stereocenters. The van der Waals surface area contributed by atoms with Gasteiger partial charge in [-0.3, -0.25) is 4.79 Å². The minimum absolute atomic E-state index is 0.00799. The van der Waals surface area contributed by atoms with Gasteiger partial charge in [-0.05, 0) is 84.6 Å². The molecular weight excluding hydrogens is 460 g/mol. The third-order valence-electron chi connectivity index (χ3n) is 6.45. The molecule has 0 spiro atoms. The van der Waals surface area contributed by atoms with E-state index in [1.807, 2.05) is 42.5 Å². The van der Waals surface area contributed by atoms with Crippen molar-refractivity contribution in [3.05, 3.63) is 88.6 Å². The maximum atomic E-state index is 11.8. The van der Waals surface area contributed by atoms with E-state index >= 15 is 0 Å². The number of nitrogens with zero attached hydrogens (tertiary/aromatic N) is 2. The number of hydrogen-bond acceptors (Lipinski definition) is 4. The van der Waals surface area contributed by atoms with E-state index in [0.717, 1.165) is 40.2 Å². The van der Waals surface area contributed by atoms with Crippen LogP contribution in [0.5, 0.6) is 11.5 Å². The molecule has 182 valence electrons. The van der Waals surface area contributed by atoms with Crippen LogP contribution < -0.4 is 19.3 Å². The summed E-state index contributed by atoms with van der Waals surface area (Å²) in [6.45, 7) is 5.72. The van der Waals surface area contributed by atoms with E-state index in [2.05, 4.69) is 49.2 Å². The number of benzene rings is 3. The summed E-state index contributed by atoms with van der Waals surface area (Å²) in [5.74, 6) is 1.44. The number of methoxy groups -OCH3 is 1. The third-order valence-corrected chi connectivity index (χ3v) is 6.71. The summed E-state index contributed by atoms with van der Waals surface area (Å²) >= 11 is 6.22. The molecule has 6 heteroatoms. The van der Waals surface area contributed by atoms with Gasteiger partial charge in [0.2, 0.25) is 5.91 Å². The van der Waals surface area contributed by atoms with Gasteiger partial charge in [0.25, 0.3) is 0 Å². The summed E-state index contributed by atoms with van der Waals surface area (Å²) in [6, 6.07) is 20.0. The van der Waals surface area contributed by atoms with E-state index in [4.69, 9.17) is 21.1 Å². The van der Waals surface area contributed by atoms with Gasteiger partial charge < -0.3 is 19.3 Å². The molecule has 3 aromatic rings.